The number of nitrogens with one attached hydrogen (secondary N) is 2. The van der Waals surface area contributed by atoms with Crippen LogP contribution in [-0.2, 0) is 36.4 Å². The van der Waals surface area contributed by atoms with Crippen LogP contribution in [0.4, 0.5) is 0 Å². The van der Waals surface area contributed by atoms with Crippen molar-refractivity contribution >= 4 is 13.7 Å². The lowest BCUT2D eigenvalue weighted by Gasteiger charge is -2.34. The Morgan fingerprint density at radius 3 is 2.05 bits per heavy atom. The van der Waals surface area contributed by atoms with E-state index in [1.807, 2.05) is 74.5 Å². The standard InChI is InChI=1S/C33H49N2O6P/c1-25(2)21-30(33(37)34-29(22-26-13-6-3-7-14-26)32(36)31-19-12-20-39-31)35-42(38,40-23-27-15-8-4-9-16-27)41-24-28-17-10-5-11-18-28/h4-5,8-11,15-18,25-26,29-32,36H,3,6-7,12-14,19-24H2,1-2H3,(H,34,37)(H,35,38)/t29-,30?,31-,32+/m0/s1. The van der Waals surface area contributed by atoms with Crippen molar-refractivity contribution in [3.63, 3.8) is 0 Å². The van der Waals surface area contributed by atoms with E-state index in [4.69, 9.17) is 13.8 Å². The molecule has 9 heteroatoms. The number of hydrogen-bond acceptors (Lipinski definition) is 6. The van der Waals surface area contributed by atoms with Crippen molar-refractivity contribution in [2.45, 2.75) is 109 Å². The number of hydrogen-bond donors (Lipinski definition) is 3. The third-order valence-corrected chi connectivity index (χ3v) is 9.79. The molecule has 42 heavy (non-hydrogen) atoms. The summed E-state index contributed by atoms with van der Waals surface area (Å²) in [5.41, 5.74) is 1.69. The number of carbonyl (C=O) groups is 1. The van der Waals surface area contributed by atoms with Crippen LogP contribution in [0.1, 0.15) is 82.8 Å². The van der Waals surface area contributed by atoms with Crippen LogP contribution in [0.15, 0.2) is 60.7 Å². The highest BCUT2D eigenvalue weighted by molar-refractivity contribution is 7.51. The zero-order chi connectivity index (χ0) is 29.8. The molecule has 3 N–H and O–H groups in total. The van der Waals surface area contributed by atoms with E-state index in [9.17, 15) is 14.5 Å². The SMILES string of the molecule is CC(C)CC(NP(=O)(OCc1ccccc1)OCc1ccccc1)C(=O)N[C@@H](CC1CCCCC1)[C@@H](O)[C@@H]1CCCO1. The largest absolute Gasteiger partial charge is 0.406 e. The van der Waals surface area contributed by atoms with E-state index in [0.29, 0.717) is 25.4 Å². The summed E-state index contributed by atoms with van der Waals surface area (Å²) in [6.45, 7) is 4.80. The van der Waals surface area contributed by atoms with Gasteiger partial charge in [-0.15, -0.1) is 0 Å². The van der Waals surface area contributed by atoms with Crippen LogP contribution in [0.5, 0.6) is 0 Å². The van der Waals surface area contributed by atoms with Crippen molar-refractivity contribution < 1.29 is 28.3 Å². The zero-order valence-corrected chi connectivity index (χ0v) is 26.1. The Balaban J connectivity index is 1.50. The zero-order valence-electron chi connectivity index (χ0n) is 25.2. The summed E-state index contributed by atoms with van der Waals surface area (Å²) in [6, 6.07) is 17.7. The van der Waals surface area contributed by atoms with Gasteiger partial charge in [-0.2, -0.15) is 0 Å². The summed E-state index contributed by atoms with van der Waals surface area (Å²) in [6.07, 6.45) is 7.54. The first kappa shape index (κ1) is 32.8. The molecular weight excluding hydrogens is 551 g/mol. The smallest absolute Gasteiger partial charge is 0.388 e. The van der Waals surface area contributed by atoms with Crippen molar-refractivity contribution in [1.29, 1.82) is 0 Å². The highest BCUT2D eigenvalue weighted by Crippen LogP contribution is 2.46. The highest BCUT2D eigenvalue weighted by atomic mass is 31.2. The first-order chi connectivity index (χ1) is 20.3. The van der Waals surface area contributed by atoms with Crippen LogP contribution >= 0.6 is 7.75 Å². The van der Waals surface area contributed by atoms with Crippen molar-refractivity contribution in [2.75, 3.05) is 6.61 Å². The third-order valence-electron chi connectivity index (χ3n) is 8.22. The van der Waals surface area contributed by atoms with Gasteiger partial charge in [0.2, 0.25) is 5.91 Å². The fourth-order valence-electron chi connectivity index (χ4n) is 5.94. The molecule has 0 spiro atoms. The molecule has 1 aliphatic carbocycles. The van der Waals surface area contributed by atoms with E-state index in [-0.39, 0.29) is 31.1 Å². The number of benzene rings is 2. The van der Waals surface area contributed by atoms with Gasteiger partial charge in [0.05, 0.1) is 31.4 Å². The first-order valence-corrected chi connectivity index (χ1v) is 17.2. The van der Waals surface area contributed by atoms with Crippen LogP contribution in [0.2, 0.25) is 0 Å². The summed E-state index contributed by atoms with van der Waals surface area (Å²) in [7, 11) is -3.94. The van der Waals surface area contributed by atoms with Crippen LogP contribution in [0.3, 0.4) is 0 Å². The lowest BCUT2D eigenvalue weighted by molar-refractivity contribution is -0.126. The van der Waals surface area contributed by atoms with Crippen LogP contribution in [0.25, 0.3) is 0 Å². The molecule has 0 bridgehead atoms. The maximum absolute atomic E-state index is 14.2. The number of ether oxygens (including phenoxy) is 1. The van der Waals surface area contributed by atoms with Crippen LogP contribution < -0.4 is 10.4 Å². The van der Waals surface area contributed by atoms with Gasteiger partial charge in [-0.05, 0) is 48.6 Å². The van der Waals surface area contributed by atoms with Gasteiger partial charge >= 0.3 is 7.75 Å². The van der Waals surface area contributed by atoms with Crippen molar-refractivity contribution in [3.8, 4) is 0 Å². The third kappa shape index (κ3) is 10.6. The molecule has 232 valence electrons. The van der Waals surface area contributed by atoms with Gasteiger partial charge in [-0.1, -0.05) is 107 Å². The Kier molecular flexibility index (Phi) is 13.1. The first-order valence-electron chi connectivity index (χ1n) is 15.7. The average Bonchev–Trinajstić information content (AvgIpc) is 3.55. The van der Waals surface area contributed by atoms with Crippen LogP contribution in [-0.4, -0.2) is 41.9 Å². The number of aliphatic hydroxyl groups is 1. The molecule has 4 atom stereocenters. The molecule has 1 heterocycles. The number of amides is 1. The molecule has 2 aromatic carbocycles. The average molecular weight is 601 g/mol. The maximum Gasteiger partial charge on any atom is 0.406 e. The number of carbonyl (C=O) groups excluding carboxylic acids is 1. The molecule has 0 radical (unpaired) electrons. The Morgan fingerprint density at radius 2 is 1.52 bits per heavy atom. The minimum Gasteiger partial charge on any atom is -0.388 e. The predicted octanol–water partition coefficient (Wildman–Crippen LogP) is 6.53. The quantitative estimate of drug-likeness (QED) is 0.188. The molecule has 1 unspecified atom stereocenters. The Bertz CT molecular complexity index is 1060. The van der Waals surface area contributed by atoms with E-state index < -0.39 is 25.9 Å². The molecule has 4 rings (SSSR count). The van der Waals surface area contributed by atoms with Gasteiger partial charge in [-0.3, -0.25) is 13.8 Å². The Morgan fingerprint density at radius 1 is 0.929 bits per heavy atom. The molecule has 1 aliphatic heterocycles. The highest BCUT2D eigenvalue weighted by Gasteiger charge is 2.37. The summed E-state index contributed by atoms with van der Waals surface area (Å²) in [5.74, 6) is 0.268. The maximum atomic E-state index is 14.2. The molecule has 1 saturated heterocycles. The fraction of sp³-hybridized carbons (Fsp3) is 0.606. The van der Waals surface area contributed by atoms with E-state index in [0.717, 1.165) is 36.8 Å². The lowest BCUT2D eigenvalue weighted by Crippen LogP contribution is -2.54. The topological polar surface area (TPSA) is 106 Å². The second-order valence-corrected chi connectivity index (χ2v) is 14.0. The fourth-order valence-corrected chi connectivity index (χ4v) is 7.41. The number of rotatable bonds is 16. The second-order valence-electron chi connectivity index (χ2n) is 12.2. The Hall–Kier alpha value is -2.06. The second kappa shape index (κ2) is 16.7. The van der Waals surface area contributed by atoms with Crippen molar-refractivity contribution in [3.05, 3.63) is 71.8 Å². The molecule has 1 amide bonds. The number of aliphatic hydroxyl groups excluding tert-OH is 1. The lowest BCUT2D eigenvalue weighted by atomic mass is 9.82. The van der Waals surface area contributed by atoms with E-state index in [1.165, 1.54) is 19.3 Å². The van der Waals surface area contributed by atoms with Gasteiger partial charge < -0.3 is 15.2 Å². The van der Waals surface area contributed by atoms with E-state index in [1.54, 1.807) is 0 Å². The summed E-state index contributed by atoms with van der Waals surface area (Å²) in [4.78, 5) is 13.9. The minimum atomic E-state index is -3.94. The molecule has 0 aromatic heterocycles. The molecular formula is C33H49N2O6P. The van der Waals surface area contributed by atoms with Gasteiger partial charge in [0, 0.05) is 6.61 Å². The van der Waals surface area contributed by atoms with Crippen molar-refractivity contribution in [1.82, 2.24) is 10.4 Å². The van der Waals surface area contributed by atoms with E-state index >= 15 is 0 Å². The molecule has 1 saturated carbocycles. The van der Waals surface area contributed by atoms with Crippen LogP contribution in [0, 0.1) is 11.8 Å². The minimum absolute atomic E-state index is 0.0674. The monoisotopic (exact) mass is 600 g/mol. The summed E-state index contributed by atoms with van der Waals surface area (Å²) < 4.78 is 31.9. The van der Waals surface area contributed by atoms with Gasteiger partial charge in [-0.25, -0.2) is 9.65 Å². The van der Waals surface area contributed by atoms with Gasteiger partial charge in [0.1, 0.15) is 6.10 Å². The predicted molar refractivity (Wildman–Crippen MR) is 165 cm³/mol. The van der Waals surface area contributed by atoms with Crippen molar-refractivity contribution in [2.24, 2.45) is 11.8 Å². The Labute approximate surface area is 251 Å². The molecule has 8 nitrogen and oxygen atoms in total. The normalized spacial score (nSPS) is 20.3. The summed E-state index contributed by atoms with van der Waals surface area (Å²) in [5, 5.41) is 17.5. The van der Waals surface area contributed by atoms with Gasteiger partial charge in [0.25, 0.3) is 0 Å². The van der Waals surface area contributed by atoms with E-state index in [2.05, 4.69) is 10.4 Å². The van der Waals surface area contributed by atoms with Gasteiger partial charge in [0.15, 0.2) is 0 Å². The summed E-state index contributed by atoms with van der Waals surface area (Å²) >= 11 is 0. The molecule has 2 fully saturated rings. The molecule has 2 aliphatic rings. The molecule has 2 aromatic rings.